The fourth-order valence-electron chi connectivity index (χ4n) is 3.49. The van der Waals surface area contributed by atoms with Crippen LogP contribution in [-0.4, -0.2) is 40.8 Å². The third kappa shape index (κ3) is 3.97. The van der Waals surface area contributed by atoms with E-state index in [2.05, 4.69) is 5.10 Å². The number of hydrogen-bond donors (Lipinski definition) is 0. The van der Waals surface area contributed by atoms with Gasteiger partial charge in [0, 0.05) is 29.1 Å². The molecule has 1 saturated carbocycles. The van der Waals surface area contributed by atoms with E-state index in [9.17, 15) is 4.79 Å². The third-order valence-corrected chi connectivity index (χ3v) is 5.27. The number of aromatic nitrogens is 2. The summed E-state index contributed by atoms with van der Waals surface area (Å²) in [7, 11) is 3.28. The summed E-state index contributed by atoms with van der Waals surface area (Å²) in [6, 6.07) is 15.5. The lowest BCUT2D eigenvalue weighted by Gasteiger charge is -2.24. The van der Waals surface area contributed by atoms with Gasteiger partial charge in [0.25, 0.3) is 5.91 Å². The van der Waals surface area contributed by atoms with Crippen LogP contribution in [-0.2, 0) is 6.54 Å². The second kappa shape index (κ2) is 7.99. The Labute approximate surface area is 170 Å². The van der Waals surface area contributed by atoms with Gasteiger partial charge in [-0.15, -0.1) is 0 Å². The average Bonchev–Trinajstić information content (AvgIpc) is 3.51. The van der Waals surface area contributed by atoms with Crippen LogP contribution in [0.15, 0.2) is 54.7 Å². The lowest BCUT2D eigenvalue weighted by Crippen LogP contribution is -2.32. The molecule has 0 bridgehead atoms. The summed E-state index contributed by atoms with van der Waals surface area (Å²) in [5.74, 6) is 1.54. The van der Waals surface area contributed by atoms with E-state index < -0.39 is 0 Å². The van der Waals surface area contributed by atoms with E-state index >= 15 is 0 Å². The van der Waals surface area contributed by atoms with Crippen molar-refractivity contribution in [2.45, 2.75) is 32.4 Å². The van der Waals surface area contributed by atoms with Crippen molar-refractivity contribution in [2.75, 3.05) is 14.2 Å². The van der Waals surface area contributed by atoms with E-state index in [1.165, 1.54) is 0 Å². The lowest BCUT2D eigenvalue weighted by molar-refractivity contribution is 0.0728. The molecule has 0 saturated heterocycles. The number of ether oxygens (including phenoxy) is 2. The molecule has 1 heterocycles. The Balaban J connectivity index is 1.58. The first-order valence-electron chi connectivity index (χ1n) is 9.73. The molecular weight excluding hydrogens is 366 g/mol. The monoisotopic (exact) mass is 391 g/mol. The SMILES string of the molecule is COc1ccc(OC)c(CN(C(=O)c2ccc(-n3nccc3C)cc2)C2CC2)c1. The molecule has 1 aromatic heterocycles. The first-order chi connectivity index (χ1) is 14.1. The lowest BCUT2D eigenvalue weighted by atomic mass is 10.1. The predicted octanol–water partition coefficient (Wildman–Crippen LogP) is 4.00. The summed E-state index contributed by atoms with van der Waals surface area (Å²) in [4.78, 5) is 15.2. The van der Waals surface area contributed by atoms with Crippen molar-refractivity contribution >= 4 is 5.91 Å². The number of methoxy groups -OCH3 is 2. The van der Waals surface area contributed by atoms with Crippen molar-refractivity contribution in [1.82, 2.24) is 14.7 Å². The summed E-state index contributed by atoms with van der Waals surface area (Å²) in [6.45, 7) is 2.49. The molecule has 4 rings (SSSR count). The van der Waals surface area contributed by atoms with Gasteiger partial charge < -0.3 is 14.4 Å². The van der Waals surface area contributed by atoms with Crippen LogP contribution in [0.1, 0.15) is 34.5 Å². The summed E-state index contributed by atoms with van der Waals surface area (Å²) in [6.07, 6.45) is 3.83. The summed E-state index contributed by atoms with van der Waals surface area (Å²) in [5, 5.41) is 4.32. The van der Waals surface area contributed by atoms with E-state index in [0.29, 0.717) is 12.1 Å². The zero-order valence-corrected chi connectivity index (χ0v) is 17.0. The minimum atomic E-state index is 0.0288. The van der Waals surface area contributed by atoms with E-state index in [-0.39, 0.29) is 11.9 Å². The van der Waals surface area contributed by atoms with E-state index in [1.54, 1.807) is 20.4 Å². The van der Waals surface area contributed by atoms with Crippen molar-refractivity contribution in [3.05, 3.63) is 71.5 Å². The molecule has 0 radical (unpaired) electrons. The van der Waals surface area contributed by atoms with Crippen LogP contribution in [0.3, 0.4) is 0 Å². The van der Waals surface area contributed by atoms with Crippen LogP contribution in [0.2, 0.25) is 0 Å². The van der Waals surface area contributed by atoms with Gasteiger partial charge in [-0.3, -0.25) is 4.79 Å². The number of nitrogens with zero attached hydrogens (tertiary/aromatic N) is 3. The molecule has 0 aliphatic heterocycles. The Morgan fingerprint density at radius 2 is 1.86 bits per heavy atom. The van der Waals surface area contributed by atoms with Crippen LogP contribution in [0.4, 0.5) is 0 Å². The van der Waals surface area contributed by atoms with E-state index in [0.717, 1.165) is 41.3 Å². The van der Waals surface area contributed by atoms with E-state index in [1.807, 2.05) is 65.0 Å². The maximum Gasteiger partial charge on any atom is 0.254 e. The van der Waals surface area contributed by atoms with Crippen LogP contribution in [0.25, 0.3) is 5.69 Å². The van der Waals surface area contributed by atoms with Gasteiger partial charge in [0.2, 0.25) is 0 Å². The topological polar surface area (TPSA) is 56.6 Å². The summed E-state index contributed by atoms with van der Waals surface area (Å²) >= 11 is 0. The number of aryl methyl sites for hydroxylation is 1. The molecule has 6 nitrogen and oxygen atoms in total. The molecule has 1 fully saturated rings. The molecule has 0 atom stereocenters. The van der Waals surface area contributed by atoms with Crippen LogP contribution >= 0.6 is 0 Å². The molecule has 29 heavy (non-hydrogen) atoms. The molecular formula is C23H25N3O3. The second-order valence-electron chi connectivity index (χ2n) is 7.27. The Morgan fingerprint density at radius 3 is 2.45 bits per heavy atom. The molecule has 1 aliphatic rings. The second-order valence-corrected chi connectivity index (χ2v) is 7.27. The first kappa shape index (κ1) is 19.1. The molecule has 1 amide bonds. The molecule has 0 N–H and O–H groups in total. The highest BCUT2D eigenvalue weighted by atomic mass is 16.5. The molecule has 1 aliphatic carbocycles. The Kier molecular flexibility index (Phi) is 5.25. The summed E-state index contributed by atoms with van der Waals surface area (Å²) < 4.78 is 12.7. The largest absolute Gasteiger partial charge is 0.497 e. The Morgan fingerprint density at radius 1 is 1.10 bits per heavy atom. The highest BCUT2D eigenvalue weighted by molar-refractivity contribution is 5.94. The Bertz CT molecular complexity index is 1010. The number of carbonyl (C=O) groups is 1. The number of benzene rings is 2. The quantitative estimate of drug-likeness (QED) is 0.611. The Hall–Kier alpha value is -3.28. The molecule has 3 aromatic rings. The fraction of sp³-hybridized carbons (Fsp3) is 0.304. The maximum absolute atomic E-state index is 13.3. The number of amides is 1. The van der Waals surface area contributed by atoms with Gasteiger partial charge in [0.15, 0.2) is 0 Å². The maximum atomic E-state index is 13.3. The van der Waals surface area contributed by atoms with Crippen molar-refractivity contribution in [3.63, 3.8) is 0 Å². The summed E-state index contributed by atoms with van der Waals surface area (Å²) in [5.41, 5.74) is 3.61. The predicted molar refractivity (Wildman–Crippen MR) is 111 cm³/mol. The minimum Gasteiger partial charge on any atom is -0.497 e. The van der Waals surface area contributed by atoms with Crippen molar-refractivity contribution in [3.8, 4) is 17.2 Å². The van der Waals surface area contributed by atoms with Crippen molar-refractivity contribution < 1.29 is 14.3 Å². The normalized spacial score (nSPS) is 13.2. The van der Waals surface area contributed by atoms with Crippen LogP contribution in [0, 0.1) is 6.92 Å². The first-order valence-corrected chi connectivity index (χ1v) is 9.73. The molecule has 6 heteroatoms. The van der Waals surface area contributed by atoms with Gasteiger partial charge >= 0.3 is 0 Å². The van der Waals surface area contributed by atoms with Crippen molar-refractivity contribution in [2.24, 2.45) is 0 Å². The van der Waals surface area contributed by atoms with E-state index in [4.69, 9.17) is 9.47 Å². The third-order valence-electron chi connectivity index (χ3n) is 5.27. The molecule has 0 unspecified atom stereocenters. The highest BCUT2D eigenvalue weighted by Gasteiger charge is 2.33. The van der Waals surface area contributed by atoms with Gasteiger partial charge in [-0.25, -0.2) is 4.68 Å². The van der Waals surface area contributed by atoms with Gasteiger partial charge in [0.1, 0.15) is 11.5 Å². The van der Waals surface area contributed by atoms with Crippen molar-refractivity contribution in [1.29, 1.82) is 0 Å². The molecule has 150 valence electrons. The standard InChI is InChI=1S/C23H25N3O3/c1-16-12-13-24-26(16)20-6-4-17(5-7-20)23(27)25(19-8-9-19)15-18-14-21(28-2)10-11-22(18)29-3/h4-7,10-14,19H,8-9,15H2,1-3H3. The van der Waals surface area contributed by atoms with Crippen LogP contribution in [0.5, 0.6) is 11.5 Å². The van der Waals surface area contributed by atoms with Crippen LogP contribution < -0.4 is 9.47 Å². The smallest absolute Gasteiger partial charge is 0.254 e. The molecule has 0 spiro atoms. The zero-order chi connectivity index (χ0) is 20.4. The van der Waals surface area contributed by atoms with Gasteiger partial charge in [-0.1, -0.05) is 0 Å². The average molecular weight is 391 g/mol. The molecule has 2 aromatic carbocycles. The number of rotatable bonds is 7. The van der Waals surface area contributed by atoms with Gasteiger partial charge in [-0.2, -0.15) is 5.10 Å². The minimum absolute atomic E-state index is 0.0288. The number of carbonyl (C=O) groups excluding carboxylic acids is 1. The fourth-order valence-corrected chi connectivity index (χ4v) is 3.49. The van der Waals surface area contributed by atoms with Gasteiger partial charge in [0.05, 0.1) is 26.5 Å². The van der Waals surface area contributed by atoms with Gasteiger partial charge in [-0.05, 0) is 68.3 Å². The number of hydrogen-bond acceptors (Lipinski definition) is 4. The zero-order valence-electron chi connectivity index (χ0n) is 17.0. The highest BCUT2D eigenvalue weighted by Crippen LogP contribution is 2.33.